The van der Waals surface area contributed by atoms with E-state index >= 15 is 0 Å². The van der Waals surface area contributed by atoms with Crippen molar-refractivity contribution in [2.75, 3.05) is 6.54 Å². The molecule has 0 aliphatic heterocycles. The lowest BCUT2D eigenvalue weighted by molar-refractivity contribution is -0.137. The highest BCUT2D eigenvalue weighted by molar-refractivity contribution is 5.66. The van der Waals surface area contributed by atoms with Gasteiger partial charge in [0.15, 0.2) is 0 Å². The first-order chi connectivity index (χ1) is 9.81. The molecule has 0 heterocycles. The number of aliphatic hydroxyl groups is 1. The first-order valence-electron chi connectivity index (χ1n) is 7.51. The third-order valence-corrected chi connectivity index (χ3v) is 3.58. The summed E-state index contributed by atoms with van der Waals surface area (Å²) in [6.45, 7) is 8.92. The molecule has 0 amide bonds. The molecule has 3 N–H and O–H groups in total. The van der Waals surface area contributed by atoms with Gasteiger partial charge < -0.3 is 15.5 Å². The van der Waals surface area contributed by atoms with Crippen LogP contribution in [0.4, 0.5) is 0 Å². The van der Waals surface area contributed by atoms with Gasteiger partial charge >= 0.3 is 5.97 Å². The molecule has 21 heavy (non-hydrogen) atoms. The van der Waals surface area contributed by atoms with Crippen molar-refractivity contribution in [3.05, 3.63) is 34.9 Å². The average Bonchev–Trinajstić information content (AvgIpc) is 2.37. The van der Waals surface area contributed by atoms with Gasteiger partial charge in [-0.15, -0.1) is 0 Å². The number of carboxylic acids is 1. The number of carboxylic acid groups (broad SMARTS) is 1. The number of aliphatic carboxylic acids is 1. The fourth-order valence-corrected chi connectivity index (χ4v) is 2.41. The van der Waals surface area contributed by atoms with Crippen LogP contribution in [0.1, 0.15) is 49.5 Å². The maximum Gasteiger partial charge on any atom is 0.303 e. The van der Waals surface area contributed by atoms with Gasteiger partial charge in [-0.25, -0.2) is 0 Å². The van der Waals surface area contributed by atoms with E-state index in [4.69, 9.17) is 5.11 Å². The Labute approximate surface area is 127 Å². The van der Waals surface area contributed by atoms with Crippen LogP contribution in [0.2, 0.25) is 0 Å². The van der Waals surface area contributed by atoms with Gasteiger partial charge in [0, 0.05) is 12.5 Å². The van der Waals surface area contributed by atoms with E-state index in [2.05, 4.69) is 19.2 Å². The van der Waals surface area contributed by atoms with Gasteiger partial charge in [-0.05, 0) is 43.9 Å². The Hall–Kier alpha value is -1.39. The number of aryl methyl sites for hydroxylation is 2. The van der Waals surface area contributed by atoms with Gasteiger partial charge in [0.1, 0.15) is 0 Å². The van der Waals surface area contributed by atoms with Crippen molar-refractivity contribution in [3.8, 4) is 0 Å². The number of carbonyl (C=O) groups is 1. The smallest absolute Gasteiger partial charge is 0.303 e. The van der Waals surface area contributed by atoms with E-state index in [1.807, 2.05) is 32.0 Å². The molecule has 0 aromatic heterocycles. The lowest BCUT2D eigenvalue weighted by Crippen LogP contribution is -2.38. The van der Waals surface area contributed by atoms with Gasteiger partial charge in [0.05, 0.1) is 6.10 Å². The summed E-state index contributed by atoms with van der Waals surface area (Å²) >= 11 is 0. The quantitative estimate of drug-likeness (QED) is 0.689. The van der Waals surface area contributed by atoms with E-state index in [1.54, 1.807) is 0 Å². The first kappa shape index (κ1) is 17.7. The Kier molecular flexibility index (Phi) is 6.85. The standard InChI is InChI=1S/C17H27NO3/c1-11(2)10-18-15(7-8-16(19)20)17(21)14-6-5-12(3)9-13(14)4/h5-6,9,11,15,17-18,21H,7-8,10H2,1-4H3,(H,19,20). The van der Waals surface area contributed by atoms with E-state index in [9.17, 15) is 9.90 Å². The molecule has 1 aromatic carbocycles. The van der Waals surface area contributed by atoms with Crippen LogP contribution in [0.25, 0.3) is 0 Å². The summed E-state index contributed by atoms with van der Waals surface area (Å²) in [5.74, 6) is -0.386. The van der Waals surface area contributed by atoms with E-state index < -0.39 is 12.1 Å². The van der Waals surface area contributed by atoms with Gasteiger partial charge in [-0.3, -0.25) is 4.79 Å². The van der Waals surface area contributed by atoms with Crippen LogP contribution in [0.5, 0.6) is 0 Å². The van der Waals surface area contributed by atoms with Crippen molar-refractivity contribution < 1.29 is 15.0 Å². The lowest BCUT2D eigenvalue weighted by atomic mass is 9.93. The third-order valence-electron chi connectivity index (χ3n) is 3.58. The Bertz CT molecular complexity index is 471. The number of hydrogen-bond donors (Lipinski definition) is 3. The summed E-state index contributed by atoms with van der Waals surface area (Å²) in [5, 5.41) is 22.8. The lowest BCUT2D eigenvalue weighted by Gasteiger charge is -2.26. The minimum Gasteiger partial charge on any atom is -0.481 e. The SMILES string of the molecule is Cc1ccc(C(O)C(CCC(=O)O)NCC(C)C)c(C)c1. The molecule has 118 valence electrons. The minimum atomic E-state index is -0.834. The highest BCUT2D eigenvalue weighted by atomic mass is 16.4. The zero-order chi connectivity index (χ0) is 16.0. The molecule has 0 radical (unpaired) electrons. The summed E-state index contributed by atoms with van der Waals surface area (Å²) < 4.78 is 0. The van der Waals surface area contributed by atoms with Crippen LogP contribution < -0.4 is 5.32 Å². The summed E-state index contributed by atoms with van der Waals surface area (Å²) in [6.07, 6.45) is -0.224. The largest absolute Gasteiger partial charge is 0.481 e. The maximum absolute atomic E-state index is 10.8. The van der Waals surface area contributed by atoms with Crippen molar-refractivity contribution in [2.24, 2.45) is 5.92 Å². The van der Waals surface area contributed by atoms with Crippen molar-refractivity contribution in [1.29, 1.82) is 0 Å². The predicted octanol–water partition coefficient (Wildman–Crippen LogP) is 2.82. The zero-order valence-corrected chi connectivity index (χ0v) is 13.4. The second kappa shape index (κ2) is 8.15. The molecule has 4 heteroatoms. The van der Waals surface area contributed by atoms with Gasteiger partial charge in [0.25, 0.3) is 0 Å². The van der Waals surface area contributed by atoms with E-state index in [1.165, 1.54) is 0 Å². The van der Waals surface area contributed by atoms with E-state index in [0.717, 1.165) is 23.2 Å². The van der Waals surface area contributed by atoms with E-state index in [0.29, 0.717) is 12.3 Å². The summed E-state index contributed by atoms with van der Waals surface area (Å²) in [4.78, 5) is 10.8. The van der Waals surface area contributed by atoms with Crippen LogP contribution in [-0.2, 0) is 4.79 Å². The molecular weight excluding hydrogens is 266 g/mol. The molecular formula is C17H27NO3. The van der Waals surface area contributed by atoms with Crippen LogP contribution in [0.15, 0.2) is 18.2 Å². The molecule has 4 nitrogen and oxygen atoms in total. The fourth-order valence-electron chi connectivity index (χ4n) is 2.41. The molecule has 0 fully saturated rings. The number of aliphatic hydroxyl groups excluding tert-OH is 1. The Morgan fingerprint density at radius 3 is 2.48 bits per heavy atom. The second-order valence-electron chi connectivity index (χ2n) is 6.15. The number of nitrogens with one attached hydrogen (secondary N) is 1. The maximum atomic E-state index is 10.8. The normalized spacial score (nSPS) is 14.2. The molecule has 2 unspecified atom stereocenters. The summed E-state index contributed by atoms with van der Waals surface area (Å²) in [7, 11) is 0. The average molecular weight is 293 g/mol. The van der Waals surface area contributed by atoms with E-state index in [-0.39, 0.29) is 12.5 Å². The Morgan fingerprint density at radius 2 is 1.95 bits per heavy atom. The van der Waals surface area contributed by atoms with Crippen LogP contribution in [0, 0.1) is 19.8 Å². The molecule has 1 aromatic rings. The number of hydrogen-bond acceptors (Lipinski definition) is 3. The van der Waals surface area contributed by atoms with Crippen molar-refractivity contribution in [3.63, 3.8) is 0 Å². The molecule has 1 rings (SSSR count). The predicted molar refractivity (Wildman–Crippen MR) is 84.4 cm³/mol. The third kappa shape index (κ3) is 5.86. The second-order valence-corrected chi connectivity index (χ2v) is 6.15. The molecule has 0 saturated heterocycles. The molecule has 0 bridgehead atoms. The molecule has 0 saturated carbocycles. The zero-order valence-electron chi connectivity index (χ0n) is 13.4. The van der Waals surface area contributed by atoms with Crippen LogP contribution in [0.3, 0.4) is 0 Å². The fraction of sp³-hybridized carbons (Fsp3) is 0.588. The van der Waals surface area contributed by atoms with Crippen molar-refractivity contribution in [2.45, 2.75) is 52.7 Å². The molecule has 0 spiro atoms. The van der Waals surface area contributed by atoms with Crippen molar-refractivity contribution in [1.82, 2.24) is 5.32 Å². The highest BCUT2D eigenvalue weighted by Crippen LogP contribution is 2.24. The van der Waals surface area contributed by atoms with Crippen molar-refractivity contribution >= 4 is 5.97 Å². The number of rotatable bonds is 8. The Balaban J connectivity index is 2.86. The van der Waals surface area contributed by atoms with Gasteiger partial charge in [0.2, 0.25) is 0 Å². The van der Waals surface area contributed by atoms with Crippen LogP contribution >= 0.6 is 0 Å². The monoisotopic (exact) mass is 293 g/mol. The van der Waals surface area contributed by atoms with Gasteiger partial charge in [-0.2, -0.15) is 0 Å². The first-order valence-corrected chi connectivity index (χ1v) is 7.51. The van der Waals surface area contributed by atoms with Gasteiger partial charge in [-0.1, -0.05) is 37.6 Å². The summed E-state index contributed by atoms with van der Waals surface area (Å²) in [5.41, 5.74) is 3.06. The molecule has 0 aliphatic carbocycles. The minimum absolute atomic E-state index is 0.0533. The molecule has 2 atom stereocenters. The topological polar surface area (TPSA) is 69.6 Å². The summed E-state index contributed by atoms with van der Waals surface area (Å²) in [6, 6.07) is 5.70. The van der Waals surface area contributed by atoms with Crippen LogP contribution in [-0.4, -0.2) is 28.8 Å². The number of benzene rings is 1. The highest BCUT2D eigenvalue weighted by Gasteiger charge is 2.23. The Morgan fingerprint density at radius 1 is 1.29 bits per heavy atom. The molecule has 0 aliphatic rings.